The van der Waals surface area contributed by atoms with E-state index in [4.69, 9.17) is 23.2 Å². The van der Waals surface area contributed by atoms with Crippen LogP contribution in [0.25, 0.3) is 0 Å². The normalized spacial score (nSPS) is 12.2. The Morgan fingerprint density at radius 1 is 0.905 bits per heavy atom. The summed E-state index contributed by atoms with van der Waals surface area (Å²) in [5, 5.41) is 3.59. The summed E-state index contributed by atoms with van der Waals surface area (Å²) in [6.45, 7) is 5.52. The molecule has 3 rings (SSSR count). The van der Waals surface area contributed by atoms with Crippen LogP contribution in [0.2, 0.25) is 10.0 Å². The summed E-state index contributed by atoms with van der Waals surface area (Å²) in [5.74, 6) is -0.872. The van der Waals surface area contributed by atoms with E-state index in [1.165, 1.54) is 19.0 Å². The quantitative estimate of drug-likeness (QED) is 0.274. The molecule has 0 unspecified atom stereocenters. The van der Waals surface area contributed by atoms with Gasteiger partial charge in [-0.3, -0.25) is 9.59 Å². The Bertz CT molecular complexity index is 1500. The van der Waals surface area contributed by atoms with E-state index in [2.05, 4.69) is 5.32 Å². The third-order valence-corrected chi connectivity index (χ3v) is 9.35. The van der Waals surface area contributed by atoms with Gasteiger partial charge in [-0.2, -0.15) is 12.7 Å². The Hall–Kier alpha value is -3.11. The number of carbonyl (C=O) groups excluding carboxylic acids is 2. The lowest BCUT2D eigenvalue weighted by atomic mass is 10.0. The topological polar surface area (TPSA) is 90.0 Å². The first-order chi connectivity index (χ1) is 19.8. The number of amides is 2. The Kier molecular flexibility index (Phi) is 11.8. The van der Waals surface area contributed by atoms with Gasteiger partial charge in [-0.25, -0.2) is 4.31 Å². The molecule has 0 aliphatic rings. The maximum atomic E-state index is 14.3. The second kappa shape index (κ2) is 14.9. The van der Waals surface area contributed by atoms with Crippen LogP contribution < -0.4 is 9.62 Å². The van der Waals surface area contributed by atoms with Crippen molar-refractivity contribution in [3.63, 3.8) is 0 Å². The molecule has 0 heterocycles. The minimum Gasteiger partial charge on any atom is -0.354 e. The molecule has 0 fully saturated rings. The van der Waals surface area contributed by atoms with E-state index in [1.54, 1.807) is 31.2 Å². The van der Waals surface area contributed by atoms with Crippen molar-refractivity contribution in [2.45, 2.75) is 46.2 Å². The molecule has 0 saturated carbocycles. The van der Waals surface area contributed by atoms with Crippen molar-refractivity contribution in [3.05, 3.63) is 99.0 Å². The molecule has 42 heavy (non-hydrogen) atoms. The van der Waals surface area contributed by atoms with Crippen LogP contribution in [0.1, 0.15) is 35.6 Å². The fraction of sp³-hybridized carbons (Fsp3) is 0.355. The Balaban J connectivity index is 2.13. The number of anilines is 1. The fourth-order valence-corrected chi connectivity index (χ4v) is 5.88. The minimum atomic E-state index is -4.08. The molecule has 3 aromatic rings. The number of halogens is 2. The predicted molar refractivity (Wildman–Crippen MR) is 170 cm³/mol. The number of hydrogen-bond donors (Lipinski definition) is 1. The lowest BCUT2D eigenvalue weighted by Gasteiger charge is -2.35. The summed E-state index contributed by atoms with van der Waals surface area (Å²) in [6.07, 6.45) is 0.944. The highest BCUT2D eigenvalue weighted by Gasteiger charge is 2.35. The van der Waals surface area contributed by atoms with E-state index < -0.39 is 28.7 Å². The van der Waals surface area contributed by atoms with E-state index in [1.807, 2.05) is 56.3 Å². The largest absolute Gasteiger partial charge is 0.354 e. The zero-order chi connectivity index (χ0) is 31.0. The van der Waals surface area contributed by atoms with E-state index in [0.29, 0.717) is 39.8 Å². The predicted octanol–water partition coefficient (Wildman–Crippen LogP) is 5.39. The Labute approximate surface area is 259 Å². The standard InChI is InChI=1S/C31H38Cl2N4O4S/c1-6-16-34-31(39)29(19-24-10-8-7-9-11-24)36(20-25-14-15-26(32)27(33)18-25)30(38)21-37(42(40,41)35(4)5)28-17-22(2)12-13-23(28)3/h7-15,17-18,29H,6,16,19-21H2,1-5H3,(H,34,39)/t29-/m1/s1. The summed E-state index contributed by atoms with van der Waals surface area (Å²) < 4.78 is 29.4. The highest BCUT2D eigenvalue weighted by atomic mass is 35.5. The van der Waals surface area contributed by atoms with Crippen molar-refractivity contribution >= 4 is 50.9 Å². The number of benzene rings is 3. The second-order valence-electron chi connectivity index (χ2n) is 10.4. The molecular formula is C31H38Cl2N4O4S. The molecule has 0 saturated heterocycles. The molecule has 0 aliphatic heterocycles. The molecule has 0 spiro atoms. The summed E-state index contributed by atoms with van der Waals surface area (Å²) in [4.78, 5) is 29.4. The van der Waals surface area contributed by atoms with Crippen molar-refractivity contribution in [1.82, 2.24) is 14.5 Å². The molecule has 2 amide bonds. The van der Waals surface area contributed by atoms with Gasteiger partial charge in [0.05, 0.1) is 15.7 Å². The van der Waals surface area contributed by atoms with Gasteiger partial charge in [-0.05, 0) is 60.7 Å². The van der Waals surface area contributed by atoms with E-state index in [0.717, 1.165) is 19.7 Å². The average molecular weight is 634 g/mol. The maximum Gasteiger partial charge on any atom is 0.304 e. The van der Waals surface area contributed by atoms with Crippen LogP contribution in [0.3, 0.4) is 0 Å². The number of aryl methyl sites for hydroxylation is 2. The number of nitrogens with one attached hydrogen (secondary N) is 1. The van der Waals surface area contributed by atoms with Crippen LogP contribution >= 0.6 is 23.2 Å². The van der Waals surface area contributed by atoms with Crippen LogP contribution in [0.4, 0.5) is 5.69 Å². The number of rotatable bonds is 13. The average Bonchev–Trinajstić information content (AvgIpc) is 2.95. The first kappa shape index (κ1) is 33.4. The van der Waals surface area contributed by atoms with Gasteiger partial charge in [-0.15, -0.1) is 0 Å². The second-order valence-corrected chi connectivity index (χ2v) is 13.2. The zero-order valence-electron chi connectivity index (χ0n) is 24.6. The summed E-state index contributed by atoms with van der Waals surface area (Å²) in [6, 6.07) is 18.9. The molecule has 1 atom stereocenters. The molecule has 11 heteroatoms. The molecule has 0 aliphatic carbocycles. The van der Waals surface area contributed by atoms with Crippen molar-refractivity contribution in [2.75, 3.05) is 31.5 Å². The summed E-state index contributed by atoms with van der Waals surface area (Å²) >= 11 is 12.4. The first-order valence-corrected chi connectivity index (χ1v) is 15.8. The number of nitrogens with zero attached hydrogens (tertiary/aromatic N) is 3. The highest BCUT2D eigenvalue weighted by Crippen LogP contribution is 2.27. The minimum absolute atomic E-state index is 0.00934. The van der Waals surface area contributed by atoms with Gasteiger partial charge in [-0.1, -0.05) is 78.7 Å². The van der Waals surface area contributed by atoms with Crippen LogP contribution in [0.15, 0.2) is 66.7 Å². The Morgan fingerprint density at radius 3 is 2.21 bits per heavy atom. The van der Waals surface area contributed by atoms with Crippen molar-refractivity contribution in [3.8, 4) is 0 Å². The first-order valence-electron chi connectivity index (χ1n) is 13.7. The summed E-state index contributed by atoms with van der Waals surface area (Å²) in [7, 11) is -1.25. The third kappa shape index (κ3) is 8.47. The molecular weight excluding hydrogens is 595 g/mol. The van der Waals surface area contributed by atoms with Crippen LogP contribution in [-0.4, -0.2) is 62.7 Å². The molecule has 8 nitrogen and oxygen atoms in total. The van der Waals surface area contributed by atoms with Gasteiger partial charge >= 0.3 is 10.2 Å². The van der Waals surface area contributed by atoms with Crippen molar-refractivity contribution in [2.24, 2.45) is 0 Å². The summed E-state index contributed by atoms with van der Waals surface area (Å²) in [5.41, 5.74) is 3.43. The maximum absolute atomic E-state index is 14.3. The fourth-order valence-electron chi connectivity index (χ4n) is 4.44. The van der Waals surface area contributed by atoms with Crippen LogP contribution in [0, 0.1) is 13.8 Å². The van der Waals surface area contributed by atoms with Crippen LogP contribution in [0.5, 0.6) is 0 Å². The highest BCUT2D eigenvalue weighted by molar-refractivity contribution is 7.90. The van der Waals surface area contributed by atoms with Crippen molar-refractivity contribution < 1.29 is 18.0 Å². The molecule has 0 aromatic heterocycles. The molecule has 1 N–H and O–H groups in total. The molecule has 226 valence electrons. The Morgan fingerprint density at radius 2 is 1.60 bits per heavy atom. The van der Waals surface area contributed by atoms with E-state index in [-0.39, 0.29) is 18.9 Å². The van der Waals surface area contributed by atoms with Gasteiger partial charge < -0.3 is 10.2 Å². The van der Waals surface area contributed by atoms with Crippen LogP contribution in [-0.2, 0) is 32.8 Å². The van der Waals surface area contributed by atoms with E-state index in [9.17, 15) is 18.0 Å². The lowest BCUT2D eigenvalue weighted by Crippen LogP contribution is -2.54. The number of hydrogen-bond acceptors (Lipinski definition) is 4. The zero-order valence-corrected chi connectivity index (χ0v) is 26.9. The van der Waals surface area contributed by atoms with Gasteiger partial charge in [0.25, 0.3) is 0 Å². The SMILES string of the molecule is CCCNC(=O)[C@@H](Cc1ccccc1)N(Cc1ccc(Cl)c(Cl)c1)C(=O)CN(c1cc(C)ccc1C)S(=O)(=O)N(C)C. The smallest absolute Gasteiger partial charge is 0.304 e. The van der Waals surface area contributed by atoms with E-state index >= 15 is 0 Å². The van der Waals surface area contributed by atoms with Crippen molar-refractivity contribution in [1.29, 1.82) is 0 Å². The van der Waals surface area contributed by atoms with Gasteiger partial charge in [0.1, 0.15) is 12.6 Å². The van der Waals surface area contributed by atoms with Gasteiger partial charge in [0.2, 0.25) is 11.8 Å². The van der Waals surface area contributed by atoms with Gasteiger partial charge in [0, 0.05) is 33.6 Å². The van der Waals surface area contributed by atoms with Gasteiger partial charge in [0.15, 0.2) is 0 Å². The number of carbonyl (C=O) groups is 2. The molecule has 0 radical (unpaired) electrons. The molecule has 3 aromatic carbocycles. The monoisotopic (exact) mass is 632 g/mol. The third-order valence-electron chi connectivity index (χ3n) is 6.81. The lowest BCUT2D eigenvalue weighted by molar-refractivity contribution is -0.140. The molecule has 0 bridgehead atoms.